The Balaban J connectivity index is 1.67. The van der Waals surface area contributed by atoms with E-state index >= 15 is 0 Å². The molecule has 1 heterocycles. The van der Waals surface area contributed by atoms with Crippen LogP contribution in [0.4, 0.5) is 4.79 Å². The highest BCUT2D eigenvalue weighted by atomic mass is 16.5. The van der Waals surface area contributed by atoms with Crippen molar-refractivity contribution in [1.82, 2.24) is 10.2 Å². The number of fused-ring (bicyclic) bond motifs is 1. The third-order valence-corrected chi connectivity index (χ3v) is 3.02. The second kappa shape index (κ2) is 3.18. The van der Waals surface area contributed by atoms with Gasteiger partial charge in [-0.15, -0.1) is 0 Å². The lowest BCUT2D eigenvalue weighted by Gasteiger charge is -2.12. The van der Waals surface area contributed by atoms with E-state index in [1.54, 1.807) is 19.0 Å². The SMILES string of the molecule is CN(C)C(=O)NCC1C2COCC12. The zero-order valence-electron chi connectivity index (χ0n) is 8.12. The van der Waals surface area contributed by atoms with Crippen molar-refractivity contribution >= 4 is 6.03 Å². The number of carbonyl (C=O) groups excluding carboxylic acids is 1. The summed E-state index contributed by atoms with van der Waals surface area (Å²) in [6, 6.07) is 0.00546. The summed E-state index contributed by atoms with van der Waals surface area (Å²) >= 11 is 0. The van der Waals surface area contributed by atoms with Gasteiger partial charge in [0.25, 0.3) is 0 Å². The number of amides is 2. The molecule has 4 nitrogen and oxygen atoms in total. The molecule has 0 radical (unpaired) electrons. The summed E-state index contributed by atoms with van der Waals surface area (Å²) in [7, 11) is 3.51. The average molecular weight is 184 g/mol. The Morgan fingerprint density at radius 2 is 2.08 bits per heavy atom. The Kier molecular flexibility index (Phi) is 2.15. The van der Waals surface area contributed by atoms with Gasteiger partial charge in [0.1, 0.15) is 0 Å². The molecular weight excluding hydrogens is 168 g/mol. The molecule has 1 aliphatic heterocycles. The van der Waals surface area contributed by atoms with Crippen LogP contribution < -0.4 is 5.32 Å². The van der Waals surface area contributed by atoms with Gasteiger partial charge in [0.15, 0.2) is 0 Å². The highest BCUT2D eigenvalue weighted by Crippen LogP contribution is 2.50. The van der Waals surface area contributed by atoms with Gasteiger partial charge in [-0.05, 0) is 17.8 Å². The van der Waals surface area contributed by atoms with E-state index in [4.69, 9.17) is 4.74 Å². The summed E-state index contributed by atoms with van der Waals surface area (Å²) in [6.07, 6.45) is 0. The van der Waals surface area contributed by atoms with Gasteiger partial charge in [0.05, 0.1) is 13.2 Å². The molecule has 0 aromatic carbocycles. The van der Waals surface area contributed by atoms with E-state index in [0.717, 1.165) is 31.6 Å². The van der Waals surface area contributed by atoms with Gasteiger partial charge >= 0.3 is 6.03 Å². The first-order valence-corrected chi connectivity index (χ1v) is 4.73. The largest absolute Gasteiger partial charge is 0.381 e. The topological polar surface area (TPSA) is 41.6 Å². The normalized spacial score (nSPS) is 35.4. The van der Waals surface area contributed by atoms with Crippen molar-refractivity contribution in [3.05, 3.63) is 0 Å². The third-order valence-electron chi connectivity index (χ3n) is 3.02. The van der Waals surface area contributed by atoms with Crippen molar-refractivity contribution in [2.45, 2.75) is 0 Å². The Bertz CT molecular complexity index is 208. The number of hydrogen-bond donors (Lipinski definition) is 1. The molecule has 2 atom stereocenters. The van der Waals surface area contributed by atoms with Gasteiger partial charge < -0.3 is 15.0 Å². The smallest absolute Gasteiger partial charge is 0.316 e. The Labute approximate surface area is 78.2 Å². The van der Waals surface area contributed by atoms with E-state index in [-0.39, 0.29) is 6.03 Å². The molecule has 4 heteroatoms. The second-order valence-electron chi connectivity index (χ2n) is 4.11. The summed E-state index contributed by atoms with van der Waals surface area (Å²) in [5.74, 6) is 2.13. The minimum atomic E-state index is 0.00546. The maximum absolute atomic E-state index is 11.2. The molecule has 2 amide bonds. The van der Waals surface area contributed by atoms with Crippen LogP contribution in [0, 0.1) is 17.8 Å². The molecule has 2 aliphatic rings. The van der Waals surface area contributed by atoms with E-state index in [0.29, 0.717) is 5.92 Å². The van der Waals surface area contributed by atoms with Gasteiger partial charge in [-0.3, -0.25) is 0 Å². The Hall–Kier alpha value is -0.770. The molecule has 0 aromatic heterocycles. The van der Waals surface area contributed by atoms with Crippen LogP contribution in [0.25, 0.3) is 0 Å². The number of carbonyl (C=O) groups is 1. The minimum Gasteiger partial charge on any atom is -0.381 e. The second-order valence-corrected chi connectivity index (χ2v) is 4.11. The van der Waals surface area contributed by atoms with Gasteiger partial charge in [-0.1, -0.05) is 0 Å². The van der Waals surface area contributed by atoms with Gasteiger partial charge in [-0.2, -0.15) is 0 Å². The molecule has 2 rings (SSSR count). The van der Waals surface area contributed by atoms with Gasteiger partial charge in [-0.25, -0.2) is 4.79 Å². The summed E-state index contributed by atoms with van der Waals surface area (Å²) in [6.45, 7) is 2.61. The first-order valence-electron chi connectivity index (χ1n) is 4.73. The molecule has 2 fully saturated rings. The molecule has 13 heavy (non-hydrogen) atoms. The van der Waals surface area contributed by atoms with E-state index < -0.39 is 0 Å². The number of ether oxygens (including phenoxy) is 1. The zero-order chi connectivity index (χ0) is 9.42. The first-order chi connectivity index (χ1) is 6.20. The molecule has 1 aliphatic carbocycles. The molecule has 2 unspecified atom stereocenters. The van der Waals surface area contributed by atoms with Crippen LogP contribution in [0.1, 0.15) is 0 Å². The monoisotopic (exact) mass is 184 g/mol. The predicted molar refractivity (Wildman–Crippen MR) is 48.4 cm³/mol. The Morgan fingerprint density at radius 3 is 2.62 bits per heavy atom. The number of nitrogens with one attached hydrogen (secondary N) is 1. The van der Waals surface area contributed by atoms with Crippen LogP contribution in [-0.4, -0.2) is 44.8 Å². The number of urea groups is 1. The number of nitrogens with zero attached hydrogens (tertiary/aromatic N) is 1. The van der Waals surface area contributed by atoms with Crippen molar-refractivity contribution in [2.75, 3.05) is 33.9 Å². The Morgan fingerprint density at radius 1 is 1.46 bits per heavy atom. The number of rotatable bonds is 2. The molecular formula is C9H16N2O2. The lowest BCUT2D eigenvalue weighted by atomic mass is 10.3. The number of hydrogen-bond acceptors (Lipinski definition) is 2. The van der Waals surface area contributed by atoms with Gasteiger partial charge in [0.2, 0.25) is 0 Å². The van der Waals surface area contributed by atoms with Crippen LogP contribution in [-0.2, 0) is 4.74 Å². The summed E-state index contributed by atoms with van der Waals surface area (Å²) in [4.78, 5) is 12.7. The van der Waals surface area contributed by atoms with Crippen LogP contribution in [0.5, 0.6) is 0 Å². The molecule has 1 N–H and O–H groups in total. The maximum atomic E-state index is 11.2. The van der Waals surface area contributed by atoms with Crippen molar-refractivity contribution in [1.29, 1.82) is 0 Å². The highest BCUT2D eigenvalue weighted by molar-refractivity contribution is 5.73. The lowest BCUT2D eigenvalue weighted by molar-refractivity contribution is 0.150. The molecule has 1 saturated heterocycles. The fraction of sp³-hybridized carbons (Fsp3) is 0.889. The summed E-state index contributed by atoms with van der Waals surface area (Å²) in [5.41, 5.74) is 0. The van der Waals surface area contributed by atoms with E-state index in [1.807, 2.05) is 0 Å². The van der Waals surface area contributed by atoms with Crippen molar-refractivity contribution in [2.24, 2.45) is 17.8 Å². The van der Waals surface area contributed by atoms with Crippen molar-refractivity contribution in [3.63, 3.8) is 0 Å². The van der Waals surface area contributed by atoms with Gasteiger partial charge in [0, 0.05) is 20.6 Å². The molecule has 1 saturated carbocycles. The van der Waals surface area contributed by atoms with Crippen molar-refractivity contribution in [3.8, 4) is 0 Å². The standard InChI is InChI=1S/C9H16N2O2/c1-11(2)9(12)10-3-6-7-4-13-5-8(6)7/h6-8H,3-5H2,1-2H3,(H,10,12). The summed E-state index contributed by atoms with van der Waals surface area (Å²) in [5, 5.41) is 2.90. The van der Waals surface area contributed by atoms with Crippen LogP contribution in [0.2, 0.25) is 0 Å². The zero-order valence-corrected chi connectivity index (χ0v) is 8.12. The molecule has 0 bridgehead atoms. The molecule has 74 valence electrons. The van der Waals surface area contributed by atoms with E-state index in [1.165, 1.54) is 0 Å². The quantitative estimate of drug-likeness (QED) is 0.663. The fourth-order valence-corrected chi connectivity index (χ4v) is 2.02. The lowest BCUT2D eigenvalue weighted by Crippen LogP contribution is -2.36. The van der Waals surface area contributed by atoms with Crippen molar-refractivity contribution < 1.29 is 9.53 Å². The predicted octanol–water partition coefficient (Wildman–Crippen LogP) is 0.150. The average Bonchev–Trinajstić information content (AvgIpc) is 2.57. The van der Waals surface area contributed by atoms with E-state index in [9.17, 15) is 4.79 Å². The summed E-state index contributed by atoms with van der Waals surface area (Å²) < 4.78 is 5.27. The third kappa shape index (κ3) is 1.63. The molecule has 0 spiro atoms. The maximum Gasteiger partial charge on any atom is 0.316 e. The van der Waals surface area contributed by atoms with Crippen LogP contribution in [0.3, 0.4) is 0 Å². The van der Waals surface area contributed by atoms with E-state index in [2.05, 4.69) is 5.32 Å². The van der Waals surface area contributed by atoms with Crippen LogP contribution in [0.15, 0.2) is 0 Å². The fourth-order valence-electron chi connectivity index (χ4n) is 2.02. The first kappa shape index (κ1) is 8.81. The minimum absolute atomic E-state index is 0.00546. The van der Waals surface area contributed by atoms with Crippen LogP contribution >= 0.6 is 0 Å². The molecule has 0 aromatic rings. The highest BCUT2D eigenvalue weighted by Gasteiger charge is 2.53.